The summed E-state index contributed by atoms with van der Waals surface area (Å²) < 4.78 is 16.8. The molecule has 1 aliphatic heterocycles. The van der Waals surface area contributed by atoms with E-state index >= 15 is 0 Å². The highest BCUT2D eigenvalue weighted by Gasteiger charge is 2.29. The Morgan fingerprint density at radius 3 is 2.60 bits per heavy atom. The van der Waals surface area contributed by atoms with Crippen LogP contribution in [0.2, 0.25) is 0 Å². The summed E-state index contributed by atoms with van der Waals surface area (Å²) in [6, 6.07) is 19.3. The summed E-state index contributed by atoms with van der Waals surface area (Å²) in [7, 11) is 3.13. The molecule has 1 atom stereocenters. The SMILES string of the molecule is COc1cccc(CN2Cc3cc(NC(=O)c4ccc(C#N)cc4)ccc3OC(C)C2=O)c1OC. The number of hydrogen-bond donors (Lipinski definition) is 1. The van der Waals surface area contributed by atoms with Gasteiger partial charge in [0.1, 0.15) is 5.75 Å². The van der Waals surface area contributed by atoms with E-state index in [9.17, 15) is 9.59 Å². The van der Waals surface area contributed by atoms with Gasteiger partial charge in [-0.15, -0.1) is 0 Å². The minimum Gasteiger partial charge on any atom is -0.493 e. The zero-order valence-electron chi connectivity index (χ0n) is 19.7. The summed E-state index contributed by atoms with van der Waals surface area (Å²) in [5.74, 6) is 1.29. The van der Waals surface area contributed by atoms with Crippen LogP contribution in [-0.2, 0) is 17.9 Å². The Morgan fingerprint density at radius 2 is 1.91 bits per heavy atom. The Labute approximate surface area is 203 Å². The first-order valence-corrected chi connectivity index (χ1v) is 11.0. The van der Waals surface area contributed by atoms with Gasteiger partial charge >= 0.3 is 0 Å². The quantitative estimate of drug-likeness (QED) is 0.580. The number of para-hydroxylation sites is 1. The molecule has 178 valence electrons. The lowest BCUT2D eigenvalue weighted by Crippen LogP contribution is -2.37. The lowest BCUT2D eigenvalue weighted by atomic mass is 10.1. The largest absolute Gasteiger partial charge is 0.493 e. The molecule has 0 fully saturated rings. The fraction of sp³-hybridized carbons (Fsp3) is 0.222. The van der Waals surface area contributed by atoms with E-state index in [0.29, 0.717) is 47.2 Å². The molecule has 0 aromatic heterocycles. The van der Waals surface area contributed by atoms with Gasteiger partial charge in [-0.25, -0.2) is 0 Å². The van der Waals surface area contributed by atoms with Crippen molar-refractivity contribution in [1.29, 1.82) is 5.26 Å². The van der Waals surface area contributed by atoms with Crippen molar-refractivity contribution in [2.24, 2.45) is 0 Å². The zero-order chi connectivity index (χ0) is 24.9. The highest BCUT2D eigenvalue weighted by molar-refractivity contribution is 6.04. The van der Waals surface area contributed by atoms with Crippen molar-refractivity contribution >= 4 is 17.5 Å². The maximum atomic E-state index is 13.1. The standard InChI is InChI=1S/C27H25N3O5/c1-17-27(32)30(15-20-5-4-6-24(33-2)25(20)34-3)16-21-13-22(11-12-23(21)35-17)29-26(31)19-9-7-18(14-28)8-10-19/h4-13,17H,15-16H2,1-3H3,(H,29,31). The van der Waals surface area contributed by atoms with Gasteiger partial charge in [-0.1, -0.05) is 12.1 Å². The van der Waals surface area contributed by atoms with Gasteiger partial charge < -0.3 is 24.4 Å². The van der Waals surface area contributed by atoms with Gasteiger partial charge in [-0.05, 0) is 55.5 Å². The number of nitrogens with zero attached hydrogens (tertiary/aromatic N) is 2. The van der Waals surface area contributed by atoms with E-state index in [2.05, 4.69) is 5.32 Å². The zero-order valence-corrected chi connectivity index (χ0v) is 19.7. The third-order valence-corrected chi connectivity index (χ3v) is 5.76. The molecule has 0 aliphatic carbocycles. The van der Waals surface area contributed by atoms with E-state index in [4.69, 9.17) is 19.5 Å². The molecular formula is C27H25N3O5. The summed E-state index contributed by atoms with van der Waals surface area (Å²) in [6.07, 6.45) is -0.674. The van der Waals surface area contributed by atoms with Gasteiger partial charge in [0.15, 0.2) is 17.6 Å². The smallest absolute Gasteiger partial charge is 0.263 e. The van der Waals surface area contributed by atoms with Crippen LogP contribution in [0.1, 0.15) is 34.0 Å². The van der Waals surface area contributed by atoms with Crippen LogP contribution in [0.4, 0.5) is 5.69 Å². The van der Waals surface area contributed by atoms with Crippen LogP contribution in [0.3, 0.4) is 0 Å². The third-order valence-electron chi connectivity index (χ3n) is 5.76. The number of rotatable bonds is 6. The number of methoxy groups -OCH3 is 2. The van der Waals surface area contributed by atoms with E-state index in [-0.39, 0.29) is 11.8 Å². The Hall–Kier alpha value is -4.51. The molecule has 0 spiro atoms. The van der Waals surface area contributed by atoms with Crippen LogP contribution >= 0.6 is 0 Å². The Kier molecular flexibility index (Phi) is 6.88. The highest BCUT2D eigenvalue weighted by atomic mass is 16.5. The number of benzene rings is 3. The number of fused-ring (bicyclic) bond motifs is 1. The predicted octanol–water partition coefficient (Wildman–Crippen LogP) is 4.14. The average Bonchev–Trinajstić information content (AvgIpc) is 2.99. The summed E-state index contributed by atoms with van der Waals surface area (Å²) in [4.78, 5) is 27.5. The van der Waals surface area contributed by atoms with E-state index in [0.717, 1.165) is 11.1 Å². The number of hydrogen-bond acceptors (Lipinski definition) is 6. The minimum atomic E-state index is -0.674. The highest BCUT2D eigenvalue weighted by Crippen LogP contribution is 2.34. The molecule has 0 saturated carbocycles. The molecule has 4 rings (SSSR count). The van der Waals surface area contributed by atoms with Gasteiger partial charge in [0, 0.05) is 35.5 Å². The van der Waals surface area contributed by atoms with Crippen molar-refractivity contribution in [1.82, 2.24) is 4.90 Å². The van der Waals surface area contributed by atoms with Crippen molar-refractivity contribution in [3.05, 3.63) is 82.9 Å². The van der Waals surface area contributed by atoms with E-state index in [1.165, 1.54) is 0 Å². The van der Waals surface area contributed by atoms with Crippen LogP contribution in [0.15, 0.2) is 60.7 Å². The van der Waals surface area contributed by atoms with Gasteiger partial charge in [0.25, 0.3) is 11.8 Å². The third kappa shape index (κ3) is 5.04. The van der Waals surface area contributed by atoms with Crippen LogP contribution < -0.4 is 19.5 Å². The molecule has 0 bridgehead atoms. The number of ether oxygens (including phenoxy) is 3. The molecule has 3 aromatic rings. The minimum absolute atomic E-state index is 0.158. The second-order valence-electron chi connectivity index (χ2n) is 8.07. The number of amides is 2. The Morgan fingerprint density at radius 1 is 1.14 bits per heavy atom. The van der Waals surface area contributed by atoms with Crippen LogP contribution in [0.25, 0.3) is 0 Å². The fourth-order valence-electron chi connectivity index (χ4n) is 3.99. The first kappa shape index (κ1) is 23.6. The van der Waals surface area contributed by atoms with Crippen LogP contribution in [-0.4, -0.2) is 37.0 Å². The fourth-order valence-corrected chi connectivity index (χ4v) is 3.99. The molecule has 1 unspecified atom stereocenters. The van der Waals surface area contributed by atoms with Crippen molar-refractivity contribution in [2.75, 3.05) is 19.5 Å². The monoisotopic (exact) mass is 471 g/mol. The number of nitriles is 1. The molecule has 1 N–H and O–H groups in total. The molecule has 0 radical (unpaired) electrons. The normalized spacial score (nSPS) is 14.7. The number of carbonyl (C=O) groups excluding carboxylic acids is 2. The summed E-state index contributed by atoms with van der Waals surface area (Å²) in [6.45, 7) is 2.31. The van der Waals surface area contributed by atoms with Crippen molar-refractivity contribution < 1.29 is 23.8 Å². The van der Waals surface area contributed by atoms with E-state index in [1.54, 1.807) is 74.6 Å². The molecule has 3 aromatic carbocycles. The first-order valence-electron chi connectivity index (χ1n) is 11.0. The molecule has 35 heavy (non-hydrogen) atoms. The predicted molar refractivity (Wildman–Crippen MR) is 129 cm³/mol. The summed E-state index contributed by atoms with van der Waals surface area (Å²) in [5, 5.41) is 11.8. The lowest BCUT2D eigenvalue weighted by molar-refractivity contribution is -0.138. The van der Waals surface area contributed by atoms with Gasteiger partial charge in [-0.2, -0.15) is 5.26 Å². The second kappa shape index (κ2) is 10.2. The topological polar surface area (TPSA) is 101 Å². The van der Waals surface area contributed by atoms with Crippen LogP contribution in [0, 0.1) is 11.3 Å². The first-order chi connectivity index (χ1) is 16.9. The summed E-state index contributed by atoms with van der Waals surface area (Å²) >= 11 is 0. The molecule has 2 amide bonds. The van der Waals surface area contributed by atoms with Gasteiger partial charge in [-0.3, -0.25) is 9.59 Å². The van der Waals surface area contributed by atoms with E-state index in [1.807, 2.05) is 18.2 Å². The second-order valence-corrected chi connectivity index (χ2v) is 8.07. The molecule has 8 heteroatoms. The van der Waals surface area contributed by atoms with Crippen molar-refractivity contribution in [3.8, 4) is 23.3 Å². The van der Waals surface area contributed by atoms with Crippen LogP contribution in [0.5, 0.6) is 17.2 Å². The van der Waals surface area contributed by atoms with Gasteiger partial charge in [0.2, 0.25) is 0 Å². The molecule has 8 nitrogen and oxygen atoms in total. The van der Waals surface area contributed by atoms with Gasteiger partial charge in [0.05, 0.1) is 25.9 Å². The number of carbonyl (C=O) groups is 2. The Bertz CT molecular complexity index is 1300. The maximum absolute atomic E-state index is 13.1. The van der Waals surface area contributed by atoms with Crippen molar-refractivity contribution in [2.45, 2.75) is 26.1 Å². The maximum Gasteiger partial charge on any atom is 0.263 e. The molecule has 1 aliphatic rings. The van der Waals surface area contributed by atoms with Crippen molar-refractivity contribution in [3.63, 3.8) is 0 Å². The average molecular weight is 472 g/mol. The Balaban J connectivity index is 1.58. The summed E-state index contributed by atoms with van der Waals surface area (Å²) in [5.41, 5.74) is 3.06. The lowest BCUT2D eigenvalue weighted by Gasteiger charge is -2.24. The molecule has 0 saturated heterocycles. The van der Waals surface area contributed by atoms with E-state index < -0.39 is 6.10 Å². The number of anilines is 1. The number of nitrogens with one attached hydrogen (secondary N) is 1. The molecule has 1 heterocycles. The molecular weight excluding hydrogens is 446 g/mol.